The van der Waals surface area contributed by atoms with E-state index >= 15 is 0 Å². The van der Waals surface area contributed by atoms with E-state index in [1.54, 1.807) is 0 Å². The zero-order chi connectivity index (χ0) is 16.6. The zero-order valence-electron chi connectivity index (χ0n) is 12.8. The van der Waals surface area contributed by atoms with E-state index in [0.29, 0.717) is 12.1 Å². The highest BCUT2D eigenvalue weighted by Gasteiger charge is 2.11. The van der Waals surface area contributed by atoms with Crippen LogP contribution >= 0.6 is 0 Å². The van der Waals surface area contributed by atoms with Crippen LogP contribution in [0.25, 0.3) is 10.9 Å². The number of hydrogen-bond donors (Lipinski definition) is 0. The predicted molar refractivity (Wildman–Crippen MR) is 87.7 cm³/mol. The molecule has 0 N–H and O–H groups in total. The minimum atomic E-state index is -0.513. The predicted octanol–water partition coefficient (Wildman–Crippen LogP) is 2.97. The Hall–Kier alpha value is -3.02. The van der Waals surface area contributed by atoms with Gasteiger partial charge in [-0.15, -0.1) is 0 Å². The lowest BCUT2D eigenvalue weighted by molar-refractivity contribution is -0.384. The number of non-ortho nitro benzene ring substituents is 1. The van der Waals surface area contributed by atoms with Gasteiger partial charge in [0, 0.05) is 12.1 Å². The molecule has 23 heavy (non-hydrogen) atoms. The third kappa shape index (κ3) is 2.83. The van der Waals surface area contributed by atoms with Crippen LogP contribution in [0.5, 0.6) is 0 Å². The van der Waals surface area contributed by atoms with Crippen LogP contribution in [-0.2, 0) is 6.54 Å². The molecule has 0 spiro atoms. The second-order valence-corrected chi connectivity index (χ2v) is 5.57. The molecular weight excluding hydrogens is 294 g/mol. The first kappa shape index (κ1) is 14.9. The second kappa shape index (κ2) is 5.64. The molecule has 1 aromatic heterocycles. The van der Waals surface area contributed by atoms with Crippen LogP contribution in [-0.4, -0.2) is 14.5 Å². The summed E-state index contributed by atoms with van der Waals surface area (Å²) in [5.74, 6) is 0. The van der Waals surface area contributed by atoms with Crippen molar-refractivity contribution in [2.75, 3.05) is 0 Å². The van der Waals surface area contributed by atoms with Crippen molar-refractivity contribution in [3.63, 3.8) is 0 Å². The Morgan fingerprint density at radius 3 is 2.70 bits per heavy atom. The van der Waals surface area contributed by atoms with Crippen LogP contribution in [0, 0.1) is 24.0 Å². The molecule has 0 aliphatic heterocycles. The summed E-state index contributed by atoms with van der Waals surface area (Å²) < 4.78 is 1.48. The molecule has 6 heteroatoms. The van der Waals surface area contributed by atoms with Crippen molar-refractivity contribution in [1.82, 2.24) is 9.55 Å². The van der Waals surface area contributed by atoms with Gasteiger partial charge in [-0.05, 0) is 31.0 Å². The molecular formula is C17H15N3O3. The van der Waals surface area contributed by atoms with E-state index in [0.717, 1.165) is 16.7 Å². The first-order chi connectivity index (χ1) is 11.0. The fourth-order valence-electron chi connectivity index (χ4n) is 2.53. The first-order valence-electron chi connectivity index (χ1n) is 7.15. The topological polar surface area (TPSA) is 78.0 Å². The molecule has 0 fully saturated rings. The molecule has 0 saturated carbocycles. The van der Waals surface area contributed by atoms with E-state index in [-0.39, 0.29) is 16.6 Å². The smallest absolute Gasteiger partial charge is 0.270 e. The molecule has 2 aromatic carbocycles. The number of nitro groups is 1. The molecule has 3 rings (SSSR count). The second-order valence-electron chi connectivity index (χ2n) is 5.57. The van der Waals surface area contributed by atoms with Gasteiger partial charge in [0.15, 0.2) is 0 Å². The van der Waals surface area contributed by atoms with E-state index in [2.05, 4.69) is 4.98 Å². The first-order valence-corrected chi connectivity index (χ1v) is 7.15. The number of aryl methyl sites for hydroxylation is 2. The Balaban J connectivity index is 2.11. The number of hydrogen-bond acceptors (Lipinski definition) is 4. The van der Waals surface area contributed by atoms with Gasteiger partial charge < -0.3 is 0 Å². The summed E-state index contributed by atoms with van der Waals surface area (Å²) in [6.45, 7) is 4.37. The Bertz CT molecular complexity index is 976. The Morgan fingerprint density at radius 2 is 1.96 bits per heavy atom. The lowest BCUT2D eigenvalue weighted by Crippen LogP contribution is -2.21. The van der Waals surface area contributed by atoms with E-state index in [9.17, 15) is 14.9 Å². The summed E-state index contributed by atoms with van der Waals surface area (Å²) >= 11 is 0. The molecule has 0 radical (unpaired) electrons. The molecule has 0 saturated heterocycles. The summed E-state index contributed by atoms with van der Waals surface area (Å²) in [5, 5.41) is 11.1. The SMILES string of the molecule is Cc1ccc(C)c(Cn2cnc3ccc([N+](=O)[O-])cc3c2=O)c1. The van der Waals surface area contributed by atoms with E-state index < -0.39 is 4.92 Å². The summed E-state index contributed by atoms with van der Waals surface area (Å²) in [5.41, 5.74) is 3.29. The average Bonchev–Trinajstić information content (AvgIpc) is 2.53. The number of nitrogens with zero attached hydrogens (tertiary/aromatic N) is 3. The molecule has 6 nitrogen and oxygen atoms in total. The maximum Gasteiger partial charge on any atom is 0.270 e. The molecule has 0 amide bonds. The van der Waals surface area contributed by atoms with Gasteiger partial charge >= 0.3 is 0 Å². The number of rotatable bonds is 3. The lowest BCUT2D eigenvalue weighted by atomic mass is 10.1. The standard InChI is InChI=1S/C17H15N3O3/c1-11-3-4-12(2)13(7-11)9-19-10-18-16-6-5-14(20(22)23)8-15(16)17(19)21/h3-8,10H,9H2,1-2H3. The van der Waals surface area contributed by atoms with Crippen molar-refractivity contribution in [2.45, 2.75) is 20.4 Å². The number of nitro benzene ring substituents is 1. The normalized spacial score (nSPS) is 10.9. The molecule has 0 aliphatic rings. The van der Waals surface area contributed by atoms with E-state index in [1.165, 1.54) is 29.1 Å². The Kier molecular flexibility index (Phi) is 3.65. The van der Waals surface area contributed by atoms with Gasteiger partial charge in [-0.25, -0.2) is 4.98 Å². The van der Waals surface area contributed by atoms with Crippen LogP contribution < -0.4 is 5.56 Å². The highest BCUT2D eigenvalue weighted by Crippen LogP contribution is 2.17. The van der Waals surface area contributed by atoms with Gasteiger partial charge in [0.05, 0.1) is 28.7 Å². The number of aromatic nitrogens is 2. The minimum absolute atomic E-state index is 0.110. The van der Waals surface area contributed by atoms with Crippen LogP contribution in [0.2, 0.25) is 0 Å². The third-order valence-corrected chi connectivity index (χ3v) is 3.86. The lowest BCUT2D eigenvalue weighted by Gasteiger charge is -2.10. The summed E-state index contributed by atoms with van der Waals surface area (Å²) in [6, 6.07) is 10.2. The fraction of sp³-hybridized carbons (Fsp3) is 0.176. The molecule has 0 atom stereocenters. The third-order valence-electron chi connectivity index (χ3n) is 3.86. The average molecular weight is 309 g/mol. The van der Waals surface area contributed by atoms with Gasteiger partial charge in [-0.3, -0.25) is 19.5 Å². The molecule has 0 bridgehead atoms. The number of fused-ring (bicyclic) bond motifs is 1. The summed E-state index contributed by atoms with van der Waals surface area (Å²) in [7, 11) is 0. The highest BCUT2D eigenvalue weighted by atomic mass is 16.6. The van der Waals surface area contributed by atoms with Crippen LogP contribution in [0.1, 0.15) is 16.7 Å². The van der Waals surface area contributed by atoms with Gasteiger partial charge in [-0.2, -0.15) is 0 Å². The summed E-state index contributed by atoms with van der Waals surface area (Å²) in [4.78, 5) is 27.2. The molecule has 116 valence electrons. The Morgan fingerprint density at radius 1 is 1.17 bits per heavy atom. The van der Waals surface area contributed by atoms with E-state index in [1.807, 2.05) is 32.0 Å². The van der Waals surface area contributed by atoms with Crippen LogP contribution in [0.3, 0.4) is 0 Å². The monoisotopic (exact) mass is 309 g/mol. The van der Waals surface area contributed by atoms with Gasteiger partial charge in [0.1, 0.15) is 0 Å². The van der Waals surface area contributed by atoms with Crippen molar-refractivity contribution in [1.29, 1.82) is 0 Å². The van der Waals surface area contributed by atoms with Crippen LogP contribution in [0.4, 0.5) is 5.69 Å². The van der Waals surface area contributed by atoms with Crippen molar-refractivity contribution in [3.05, 3.63) is 79.9 Å². The summed E-state index contributed by atoms with van der Waals surface area (Å²) in [6.07, 6.45) is 1.48. The van der Waals surface area contributed by atoms with Gasteiger partial charge in [0.25, 0.3) is 11.2 Å². The molecule has 3 aromatic rings. The van der Waals surface area contributed by atoms with Crippen molar-refractivity contribution >= 4 is 16.6 Å². The number of benzene rings is 2. The molecule has 1 heterocycles. The van der Waals surface area contributed by atoms with Crippen molar-refractivity contribution in [2.24, 2.45) is 0 Å². The van der Waals surface area contributed by atoms with Crippen molar-refractivity contribution < 1.29 is 4.92 Å². The highest BCUT2D eigenvalue weighted by molar-refractivity contribution is 5.79. The maximum atomic E-state index is 12.6. The maximum absolute atomic E-state index is 12.6. The van der Waals surface area contributed by atoms with Gasteiger partial charge in [-0.1, -0.05) is 23.8 Å². The molecule has 0 unspecified atom stereocenters. The Labute approximate surface area is 132 Å². The largest absolute Gasteiger partial charge is 0.294 e. The minimum Gasteiger partial charge on any atom is -0.294 e. The van der Waals surface area contributed by atoms with E-state index in [4.69, 9.17) is 0 Å². The van der Waals surface area contributed by atoms with Crippen LogP contribution in [0.15, 0.2) is 47.5 Å². The van der Waals surface area contributed by atoms with Crippen molar-refractivity contribution in [3.8, 4) is 0 Å². The molecule has 0 aliphatic carbocycles. The quantitative estimate of drug-likeness (QED) is 0.550. The zero-order valence-corrected chi connectivity index (χ0v) is 12.8. The fourth-order valence-corrected chi connectivity index (χ4v) is 2.53. The van der Waals surface area contributed by atoms with Gasteiger partial charge in [0.2, 0.25) is 0 Å².